The molecule has 1 aromatic carbocycles. The van der Waals surface area contributed by atoms with Gasteiger partial charge in [-0.05, 0) is 26.0 Å². The average Bonchev–Trinajstić information content (AvgIpc) is 2.95. The van der Waals surface area contributed by atoms with Gasteiger partial charge in [-0.2, -0.15) is 5.10 Å². The lowest BCUT2D eigenvalue weighted by atomic mass is 10.1. The zero-order valence-corrected chi connectivity index (χ0v) is 13.2. The molecule has 1 aliphatic rings. The molecule has 6 nitrogen and oxygen atoms in total. The predicted molar refractivity (Wildman–Crippen MR) is 87.2 cm³/mol. The first-order valence-corrected chi connectivity index (χ1v) is 7.58. The van der Waals surface area contributed by atoms with Crippen LogP contribution in [-0.4, -0.2) is 28.8 Å². The van der Waals surface area contributed by atoms with Crippen molar-refractivity contribution in [1.82, 2.24) is 9.78 Å². The van der Waals surface area contributed by atoms with Gasteiger partial charge in [0.1, 0.15) is 13.2 Å². The van der Waals surface area contributed by atoms with Crippen molar-refractivity contribution in [2.75, 3.05) is 18.5 Å². The molecule has 0 radical (unpaired) electrons. The van der Waals surface area contributed by atoms with E-state index < -0.39 is 0 Å². The van der Waals surface area contributed by atoms with E-state index in [4.69, 9.17) is 9.47 Å². The van der Waals surface area contributed by atoms with Gasteiger partial charge < -0.3 is 14.8 Å². The molecule has 0 fully saturated rings. The van der Waals surface area contributed by atoms with Crippen LogP contribution < -0.4 is 14.8 Å². The van der Waals surface area contributed by atoms with E-state index >= 15 is 0 Å². The molecule has 2 aromatic rings. The number of aromatic nitrogens is 2. The van der Waals surface area contributed by atoms with Gasteiger partial charge in [0.2, 0.25) is 0 Å². The Kier molecular flexibility index (Phi) is 4.32. The summed E-state index contributed by atoms with van der Waals surface area (Å²) in [5.74, 6) is 1.37. The van der Waals surface area contributed by atoms with Crippen molar-refractivity contribution in [2.24, 2.45) is 0 Å². The number of ketones is 1. The second-order valence-electron chi connectivity index (χ2n) is 5.16. The topological polar surface area (TPSA) is 65.4 Å². The molecule has 2 heterocycles. The van der Waals surface area contributed by atoms with E-state index in [9.17, 15) is 4.79 Å². The lowest BCUT2D eigenvalue weighted by Crippen LogP contribution is -2.15. The van der Waals surface area contributed by atoms with Gasteiger partial charge >= 0.3 is 0 Å². The van der Waals surface area contributed by atoms with Gasteiger partial charge in [0.05, 0.1) is 11.8 Å². The summed E-state index contributed by atoms with van der Waals surface area (Å²) in [6.45, 7) is 5.75. The quantitative estimate of drug-likeness (QED) is 0.679. The first-order chi connectivity index (χ1) is 11.2. The molecule has 1 aromatic heterocycles. The van der Waals surface area contributed by atoms with Crippen molar-refractivity contribution in [1.29, 1.82) is 0 Å². The van der Waals surface area contributed by atoms with Crippen LogP contribution in [0, 0.1) is 6.92 Å². The number of aryl methyl sites for hydroxylation is 1. The van der Waals surface area contributed by atoms with Crippen LogP contribution in [0.3, 0.4) is 0 Å². The number of nitrogens with zero attached hydrogens (tertiary/aromatic N) is 2. The maximum Gasteiger partial charge on any atom is 0.190 e. The van der Waals surface area contributed by atoms with E-state index in [0.29, 0.717) is 24.5 Å². The van der Waals surface area contributed by atoms with E-state index in [1.54, 1.807) is 17.1 Å². The second kappa shape index (κ2) is 6.56. The summed E-state index contributed by atoms with van der Waals surface area (Å²) in [6.07, 6.45) is 4.73. The zero-order valence-electron chi connectivity index (χ0n) is 13.2. The van der Waals surface area contributed by atoms with Crippen LogP contribution in [0.4, 0.5) is 5.69 Å². The Hall–Kier alpha value is -2.76. The van der Waals surface area contributed by atoms with Crippen molar-refractivity contribution in [3.8, 4) is 11.5 Å². The number of allylic oxidation sites excluding steroid dienone is 1. The van der Waals surface area contributed by atoms with E-state index in [1.807, 2.05) is 32.0 Å². The van der Waals surface area contributed by atoms with E-state index in [0.717, 1.165) is 23.7 Å². The summed E-state index contributed by atoms with van der Waals surface area (Å²) in [4.78, 5) is 12.2. The van der Waals surface area contributed by atoms with Crippen LogP contribution >= 0.6 is 0 Å². The van der Waals surface area contributed by atoms with Crippen molar-refractivity contribution in [2.45, 2.75) is 20.4 Å². The van der Waals surface area contributed by atoms with Crippen molar-refractivity contribution in [3.63, 3.8) is 0 Å². The summed E-state index contributed by atoms with van der Waals surface area (Å²) in [6, 6.07) is 5.58. The summed E-state index contributed by atoms with van der Waals surface area (Å²) in [7, 11) is 0. The number of carbonyl (C=O) groups is 1. The Balaban J connectivity index is 1.66. The van der Waals surface area contributed by atoms with Crippen LogP contribution in [0.2, 0.25) is 0 Å². The number of anilines is 1. The van der Waals surface area contributed by atoms with Gasteiger partial charge in [-0.1, -0.05) is 0 Å². The molecule has 0 atom stereocenters. The normalized spacial score (nSPS) is 13.3. The van der Waals surface area contributed by atoms with Crippen LogP contribution in [0.25, 0.3) is 0 Å². The fourth-order valence-corrected chi connectivity index (χ4v) is 2.44. The molecule has 1 aliphatic heterocycles. The molecule has 6 heteroatoms. The lowest BCUT2D eigenvalue weighted by Gasteiger charge is -2.18. The number of nitrogens with one attached hydrogen (secondary N) is 1. The number of ether oxygens (including phenoxy) is 2. The van der Waals surface area contributed by atoms with Gasteiger partial charge in [-0.15, -0.1) is 0 Å². The molecule has 0 bridgehead atoms. The largest absolute Gasteiger partial charge is 0.486 e. The molecule has 0 saturated heterocycles. The number of benzene rings is 1. The van der Waals surface area contributed by atoms with E-state index in [2.05, 4.69) is 10.4 Å². The third-order valence-corrected chi connectivity index (χ3v) is 3.70. The maximum atomic E-state index is 12.2. The minimum absolute atomic E-state index is 0.0766. The Bertz CT molecular complexity index is 750. The standard InChI is InChI=1S/C17H19N3O3/c1-3-20-12(2)14(11-19-20)15(21)6-7-18-13-4-5-16-17(10-13)23-9-8-22-16/h4-7,10-11,18H,3,8-9H2,1-2H3/b7-6+. The van der Waals surface area contributed by atoms with Gasteiger partial charge in [-0.25, -0.2) is 0 Å². The molecule has 23 heavy (non-hydrogen) atoms. The predicted octanol–water partition coefficient (Wildman–Crippen LogP) is 2.79. The molecule has 3 rings (SSSR count). The van der Waals surface area contributed by atoms with Gasteiger partial charge in [0.15, 0.2) is 17.3 Å². The summed E-state index contributed by atoms with van der Waals surface area (Å²) < 4.78 is 12.8. The van der Waals surface area contributed by atoms with Gasteiger partial charge in [-0.3, -0.25) is 9.48 Å². The smallest absolute Gasteiger partial charge is 0.190 e. The highest BCUT2D eigenvalue weighted by Crippen LogP contribution is 2.32. The number of fused-ring (bicyclic) bond motifs is 1. The number of carbonyl (C=O) groups excluding carboxylic acids is 1. The number of hydrogen-bond donors (Lipinski definition) is 1. The lowest BCUT2D eigenvalue weighted by molar-refractivity contribution is 0.104. The Morgan fingerprint density at radius 2 is 2.13 bits per heavy atom. The molecule has 1 N–H and O–H groups in total. The van der Waals surface area contributed by atoms with Crippen LogP contribution in [0.15, 0.2) is 36.7 Å². The minimum atomic E-state index is -0.0766. The fourth-order valence-electron chi connectivity index (χ4n) is 2.44. The van der Waals surface area contributed by atoms with Crippen LogP contribution in [0.5, 0.6) is 11.5 Å². The molecular weight excluding hydrogens is 294 g/mol. The highest BCUT2D eigenvalue weighted by molar-refractivity contribution is 6.05. The first-order valence-electron chi connectivity index (χ1n) is 7.58. The van der Waals surface area contributed by atoms with Gasteiger partial charge in [0.25, 0.3) is 0 Å². The molecule has 0 aliphatic carbocycles. The fraction of sp³-hybridized carbons (Fsp3) is 0.294. The Morgan fingerprint density at radius 1 is 1.35 bits per heavy atom. The van der Waals surface area contributed by atoms with Crippen molar-refractivity contribution < 1.29 is 14.3 Å². The summed E-state index contributed by atoms with van der Waals surface area (Å²) in [5, 5.41) is 7.25. The molecule has 120 valence electrons. The Morgan fingerprint density at radius 3 is 2.87 bits per heavy atom. The Labute approximate surface area is 134 Å². The highest BCUT2D eigenvalue weighted by atomic mass is 16.6. The van der Waals surface area contributed by atoms with E-state index in [-0.39, 0.29) is 5.78 Å². The SMILES string of the molecule is CCn1ncc(C(=O)/C=C/Nc2ccc3c(c2)OCCO3)c1C. The molecule has 0 spiro atoms. The zero-order chi connectivity index (χ0) is 16.2. The minimum Gasteiger partial charge on any atom is -0.486 e. The molecule has 0 unspecified atom stereocenters. The van der Waals surface area contributed by atoms with Crippen molar-refractivity contribution in [3.05, 3.63) is 47.9 Å². The first kappa shape index (κ1) is 15.1. The van der Waals surface area contributed by atoms with Crippen molar-refractivity contribution >= 4 is 11.5 Å². The third-order valence-electron chi connectivity index (χ3n) is 3.70. The molecular formula is C17H19N3O3. The molecule has 0 saturated carbocycles. The third kappa shape index (κ3) is 3.21. The second-order valence-corrected chi connectivity index (χ2v) is 5.16. The summed E-state index contributed by atoms with van der Waals surface area (Å²) >= 11 is 0. The van der Waals surface area contributed by atoms with Crippen LogP contribution in [-0.2, 0) is 6.54 Å². The van der Waals surface area contributed by atoms with E-state index in [1.165, 1.54) is 6.08 Å². The molecule has 0 amide bonds. The maximum absolute atomic E-state index is 12.2. The average molecular weight is 313 g/mol. The van der Waals surface area contributed by atoms with Gasteiger partial charge in [0, 0.05) is 36.3 Å². The monoisotopic (exact) mass is 313 g/mol. The summed E-state index contributed by atoms with van der Waals surface area (Å²) in [5.41, 5.74) is 2.33. The number of rotatable bonds is 5. The van der Waals surface area contributed by atoms with Crippen LogP contribution in [0.1, 0.15) is 23.0 Å². The highest BCUT2D eigenvalue weighted by Gasteiger charge is 2.12. The number of hydrogen-bond acceptors (Lipinski definition) is 5.